The molecule has 0 heterocycles. The van der Waals surface area contributed by atoms with Gasteiger partial charge in [-0.05, 0) is 38.0 Å². The van der Waals surface area contributed by atoms with Crippen molar-refractivity contribution in [3.05, 3.63) is 29.3 Å². The Labute approximate surface area is 90.7 Å². The molecule has 0 aliphatic heterocycles. The lowest BCUT2D eigenvalue weighted by molar-refractivity contribution is 0.100. The van der Waals surface area contributed by atoms with E-state index in [0.29, 0.717) is 11.6 Å². The summed E-state index contributed by atoms with van der Waals surface area (Å²) in [6, 6.07) is 5.86. The Morgan fingerprint density at radius 2 is 2.20 bits per heavy atom. The van der Waals surface area contributed by atoms with Gasteiger partial charge in [0.05, 0.1) is 0 Å². The number of carbonyl (C=O) groups is 1. The number of hydrogen-bond acceptors (Lipinski definition) is 2. The number of benzene rings is 1. The molecule has 0 fully saturated rings. The molecule has 0 spiro atoms. The minimum Gasteiger partial charge on any atom is -0.382 e. The monoisotopic (exact) mass is 206 g/mol. The lowest BCUT2D eigenvalue weighted by Crippen LogP contribution is -2.16. The molecule has 0 aliphatic rings. The molecule has 0 saturated carbocycles. The minimum absolute atomic E-state index is 0.387. The Hall–Kier alpha value is -1.51. The fourth-order valence-electron chi connectivity index (χ4n) is 1.30. The molecule has 3 nitrogen and oxygen atoms in total. The fourth-order valence-corrected chi connectivity index (χ4v) is 1.30. The van der Waals surface area contributed by atoms with Gasteiger partial charge in [0.15, 0.2) is 0 Å². The van der Waals surface area contributed by atoms with Gasteiger partial charge in [-0.2, -0.15) is 0 Å². The van der Waals surface area contributed by atoms with Gasteiger partial charge >= 0.3 is 0 Å². The highest BCUT2D eigenvalue weighted by atomic mass is 16.1. The zero-order valence-corrected chi connectivity index (χ0v) is 9.50. The summed E-state index contributed by atoms with van der Waals surface area (Å²) in [4.78, 5) is 11.0. The summed E-state index contributed by atoms with van der Waals surface area (Å²) in [6.45, 7) is 6.23. The maximum atomic E-state index is 11.0. The highest BCUT2D eigenvalue weighted by Crippen LogP contribution is 2.18. The van der Waals surface area contributed by atoms with Crippen LogP contribution in [0.5, 0.6) is 0 Å². The lowest BCUT2D eigenvalue weighted by Gasteiger charge is -2.15. The van der Waals surface area contributed by atoms with Crippen LogP contribution in [-0.4, -0.2) is 11.9 Å². The van der Waals surface area contributed by atoms with Crippen LogP contribution in [0.1, 0.15) is 36.2 Å². The zero-order chi connectivity index (χ0) is 11.4. The van der Waals surface area contributed by atoms with E-state index in [-0.39, 0.29) is 5.91 Å². The Morgan fingerprint density at radius 3 is 2.73 bits per heavy atom. The van der Waals surface area contributed by atoms with Crippen LogP contribution in [0.15, 0.2) is 18.2 Å². The molecule has 0 radical (unpaired) electrons. The Morgan fingerprint density at radius 1 is 1.53 bits per heavy atom. The number of nitrogens with two attached hydrogens (primary N) is 1. The molecule has 15 heavy (non-hydrogen) atoms. The molecule has 1 atom stereocenters. The Balaban J connectivity index is 2.95. The van der Waals surface area contributed by atoms with Gasteiger partial charge in [-0.1, -0.05) is 13.0 Å². The van der Waals surface area contributed by atoms with Gasteiger partial charge in [-0.15, -0.1) is 0 Å². The van der Waals surface area contributed by atoms with E-state index >= 15 is 0 Å². The van der Waals surface area contributed by atoms with Crippen molar-refractivity contribution in [1.29, 1.82) is 0 Å². The minimum atomic E-state index is -0.387. The molecule has 1 aromatic carbocycles. The molecule has 0 saturated heterocycles. The van der Waals surface area contributed by atoms with Crippen molar-refractivity contribution in [2.24, 2.45) is 5.73 Å². The van der Waals surface area contributed by atoms with Crippen molar-refractivity contribution < 1.29 is 4.79 Å². The molecule has 0 aliphatic carbocycles. The van der Waals surface area contributed by atoms with Crippen LogP contribution in [0.25, 0.3) is 0 Å². The van der Waals surface area contributed by atoms with Crippen LogP contribution in [0.4, 0.5) is 5.69 Å². The van der Waals surface area contributed by atoms with Crippen LogP contribution in [-0.2, 0) is 0 Å². The number of nitrogens with one attached hydrogen (secondary N) is 1. The summed E-state index contributed by atoms with van der Waals surface area (Å²) in [6.07, 6.45) is 1.04. The van der Waals surface area contributed by atoms with E-state index in [0.717, 1.165) is 17.7 Å². The number of anilines is 1. The highest BCUT2D eigenvalue weighted by Gasteiger charge is 2.06. The fraction of sp³-hybridized carbons (Fsp3) is 0.417. The van der Waals surface area contributed by atoms with E-state index in [1.54, 1.807) is 6.07 Å². The van der Waals surface area contributed by atoms with Crippen LogP contribution >= 0.6 is 0 Å². The predicted molar refractivity (Wildman–Crippen MR) is 63.1 cm³/mol. The molecule has 1 unspecified atom stereocenters. The van der Waals surface area contributed by atoms with Gasteiger partial charge in [-0.25, -0.2) is 0 Å². The molecule has 82 valence electrons. The molecule has 0 bridgehead atoms. The second kappa shape index (κ2) is 4.82. The first-order chi connectivity index (χ1) is 7.04. The molecule has 3 heteroatoms. The Kier molecular flexibility index (Phi) is 3.72. The third-order valence-electron chi connectivity index (χ3n) is 2.54. The van der Waals surface area contributed by atoms with Crippen LogP contribution < -0.4 is 11.1 Å². The first kappa shape index (κ1) is 11.6. The van der Waals surface area contributed by atoms with Crippen molar-refractivity contribution in [2.75, 3.05) is 5.32 Å². The van der Waals surface area contributed by atoms with Crippen molar-refractivity contribution in [2.45, 2.75) is 33.2 Å². The molecule has 1 rings (SSSR count). The van der Waals surface area contributed by atoms with E-state index in [9.17, 15) is 4.79 Å². The number of aryl methyl sites for hydroxylation is 1. The maximum absolute atomic E-state index is 11.0. The molecule has 1 amide bonds. The molecule has 0 aromatic heterocycles. The largest absolute Gasteiger partial charge is 0.382 e. The smallest absolute Gasteiger partial charge is 0.248 e. The third kappa shape index (κ3) is 2.98. The van der Waals surface area contributed by atoms with E-state index in [1.807, 2.05) is 19.1 Å². The molecular formula is C12H18N2O. The second-order valence-corrected chi connectivity index (χ2v) is 3.85. The number of amides is 1. The molecule has 3 N–H and O–H groups in total. The Bertz CT molecular complexity index is 361. The summed E-state index contributed by atoms with van der Waals surface area (Å²) in [5, 5.41) is 3.35. The average molecular weight is 206 g/mol. The van der Waals surface area contributed by atoms with E-state index < -0.39 is 0 Å². The van der Waals surface area contributed by atoms with Crippen molar-refractivity contribution in [1.82, 2.24) is 0 Å². The van der Waals surface area contributed by atoms with E-state index in [2.05, 4.69) is 19.2 Å². The van der Waals surface area contributed by atoms with Crippen LogP contribution in [0.2, 0.25) is 0 Å². The van der Waals surface area contributed by atoms with Crippen molar-refractivity contribution in [3.63, 3.8) is 0 Å². The van der Waals surface area contributed by atoms with E-state index in [4.69, 9.17) is 5.73 Å². The lowest BCUT2D eigenvalue weighted by atomic mass is 10.1. The number of rotatable bonds is 4. The molecular weight excluding hydrogens is 188 g/mol. The summed E-state index contributed by atoms with van der Waals surface area (Å²) < 4.78 is 0. The normalized spacial score (nSPS) is 12.2. The zero-order valence-electron chi connectivity index (χ0n) is 9.50. The second-order valence-electron chi connectivity index (χ2n) is 3.85. The summed E-state index contributed by atoms with van der Waals surface area (Å²) >= 11 is 0. The van der Waals surface area contributed by atoms with Gasteiger partial charge in [0, 0.05) is 17.3 Å². The average Bonchev–Trinajstić information content (AvgIpc) is 2.20. The topological polar surface area (TPSA) is 55.1 Å². The number of carbonyl (C=O) groups excluding carboxylic acids is 1. The molecule has 1 aromatic rings. The number of primary amides is 1. The van der Waals surface area contributed by atoms with Crippen molar-refractivity contribution >= 4 is 11.6 Å². The van der Waals surface area contributed by atoms with Crippen molar-refractivity contribution in [3.8, 4) is 0 Å². The van der Waals surface area contributed by atoms with E-state index in [1.165, 1.54) is 0 Å². The standard InChI is InChI=1S/C12H18N2O/c1-4-9(3)14-11-7-10(12(13)15)6-5-8(11)2/h5-7,9,14H,4H2,1-3H3,(H2,13,15). The predicted octanol–water partition coefficient (Wildman–Crippen LogP) is 2.30. The maximum Gasteiger partial charge on any atom is 0.248 e. The first-order valence-electron chi connectivity index (χ1n) is 5.21. The summed E-state index contributed by atoms with van der Waals surface area (Å²) in [5.74, 6) is -0.387. The third-order valence-corrected chi connectivity index (χ3v) is 2.54. The number of hydrogen-bond donors (Lipinski definition) is 2. The van der Waals surface area contributed by atoms with Crippen LogP contribution in [0, 0.1) is 6.92 Å². The van der Waals surface area contributed by atoms with Gasteiger partial charge in [0.1, 0.15) is 0 Å². The van der Waals surface area contributed by atoms with Crippen LogP contribution in [0.3, 0.4) is 0 Å². The SMILES string of the molecule is CCC(C)Nc1cc(C(N)=O)ccc1C. The highest BCUT2D eigenvalue weighted by molar-refractivity contribution is 5.94. The quantitative estimate of drug-likeness (QED) is 0.794. The summed E-state index contributed by atoms with van der Waals surface area (Å²) in [7, 11) is 0. The van der Waals surface area contributed by atoms with Gasteiger partial charge < -0.3 is 11.1 Å². The van der Waals surface area contributed by atoms with Gasteiger partial charge in [0.2, 0.25) is 5.91 Å². The van der Waals surface area contributed by atoms with Gasteiger partial charge in [-0.3, -0.25) is 4.79 Å². The first-order valence-corrected chi connectivity index (χ1v) is 5.21. The summed E-state index contributed by atoms with van der Waals surface area (Å²) in [5.41, 5.74) is 7.89. The van der Waals surface area contributed by atoms with Gasteiger partial charge in [0.25, 0.3) is 0 Å².